The van der Waals surface area contributed by atoms with Gasteiger partial charge in [-0.2, -0.15) is 5.10 Å². The van der Waals surface area contributed by atoms with E-state index in [9.17, 15) is 0 Å². The number of hydrogen-bond donors (Lipinski definition) is 1. The zero-order chi connectivity index (χ0) is 7.84. The Morgan fingerprint density at radius 2 is 2.25 bits per heavy atom. The number of rotatable bonds is 0. The van der Waals surface area contributed by atoms with Crippen LogP contribution in [-0.2, 0) is 0 Å². The third-order valence-corrected chi connectivity index (χ3v) is 1.46. The van der Waals surface area contributed by atoms with E-state index in [0.717, 1.165) is 11.3 Å². The molecule has 0 aliphatic rings. The summed E-state index contributed by atoms with van der Waals surface area (Å²) in [7, 11) is 0. The summed E-state index contributed by atoms with van der Waals surface area (Å²) in [5.41, 5.74) is 7.91. The minimum atomic E-state index is 0. The molecule has 0 saturated heterocycles. The van der Waals surface area contributed by atoms with Crippen LogP contribution >= 0.6 is 12.4 Å². The first-order chi connectivity index (χ1) is 5.25. The predicted octanol–water partition coefficient (Wildman–Crippen LogP) is 1.04. The fraction of sp³-hybridized carbons (Fsp3) is 0.143. The van der Waals surface area contributed by atoms with Crippen molar-refractivity contribution in [1.29, 1.82) is 0 Å². The molecule has 12 heavy (non-hydrogen) atoms. The highest BCUT2D eigenvalue weighted by Gasteiger charge is 1.96. The van der Waals surface area contributed by atoms with Gasteiger partial charge in [0.05, 0.1) is 23.8 Å². The van der Waals surface area contributed by atoms with Crippen molar-refractivity contribution in [3.05, 3.63) is 24.2 Å². The van der Waals surface area contributed by atoms with Gasteiger partial charge in [0, 0.05) is 6.07 Å². The Kier molecular flexibility index (Phi) is 2.19. The van der Waals surface area contributed by atoms with Crippen molar-refractivity contribution in [2.75, 3.05) is 5.73 Å². The van der Waals surface area contributed by atoms with Crippen LogP contribution in [0.3, 0.4) is 0 Å². The largest absolute Gasteiger partial charge is 0.396 e. The number of fused-ring (bicyclic) bond motifs is 1. The van der Waals surface area contributed by atoms with Gasteiger partial charge in [-0.15, -0.1) is 12.4 Å². The second-order valence-electron chi connectivity index (χ2n) is 2.48. The average molecular weight is 185 g/mol. The number of nitrogens with two attached hydrogens (primary N) is 1. The molecule has 0 aliphatic heterocycles. The van der Waals surface area contributed by atoms with Crippen molar-refractivity contribution >= 4 is 23.7 Å². The molecule has 0 aromatic carbocycles. The number of nitrogen functional groups attached to an aromatic ring is 1. The summed E-state index contributed by atoms with van der Waals surface area (Å²) in [6, 6.07) is 1.90. The molecule has 0 bridgehead atoms. The molecule has 64 valence electrons. The molecular weight excluding hydrogens is 176 g/mol. The van der Waals surface area contributed by atoms with Crippen molar-refractivity contribution in [1.82, 2.24) is 14.6 Å². The first kappa shape index (κ1) is 8.80. The molecule has 0 aliphatic carbocycles. The highest BCUT2D eigenvalue weighted by molar-refractivity contribution is 5.85. The third kappa shape index (κ3) is 1.33. The number of hydrogen-bond acceptors (Lipinski definition) is 3. The third-order valence-electron chi connectivity index (χ3n) is 1.46. The summed E-state index contributed by atoms with van der Waals surface area (Å²) in [5, 5.41) is 4.15. The van der Waals surface area contributed by atoms with Gasteiger partial charge in [0.25, 0.3) is 0 Å². The first-order valence-corrected chi connectivity index (χ1v) is 3.33. The summed E-state index contributed by atoms with van der Waals surface area (Å²) in [4.78, 5) is 4.08. The summed E-state index contributed by atoms with van der Waals surface area (Å²) in [6.45, 7) is 1.92. The average Bonchev–Trinajstić information content (AvgIpc) is 2.27. The lowest BCUT2D eigenvalue weighted by Gasteiger charge is -1.92. The molecule has 5 heteroatoms. The van der Waals surface area contributed by atoms with E-state index in [1.54, 1.807) is 16.9 Å². The zero-order valence-corrected chi connectivity index (χ0v) is 7.38. The van der Waals surface area contributed by atoms with E-state index in [1.165, 1.54) is 0 Å². The second kappa shape index (κ2) is 2.98. The molecule has 4 nitrogen and oxygen atoms in total. The van der Waals surface area contributed by atoms with Crippen LogP contribution in [0.4, 0.5) is 5.69 Å². The summed E-state index contributed by atoms with van der Waals surface area (Å²) in [5.74, 6) is 0. The maximum atomic E-state index is 5.51. The van der Waals surface area contributed by atoms with Crippen LogP contribution in [0.1, 0.15) is 5.69 Å². The highest BCUT2D eigenvalue weighted by Crippen LogP contribution is 2.04. The van der Waals surface area contributed by atoms with Crippen molar-refractivity contribution in [2.45, 2.75) is 6.92 Å². The zero-order valence-electron chi connectivity index (χ0n) is 6.56. The van der Waals surface area contributed by atoms with Gasteiger partial charge in [-0.25, -0.2) is 9.50 Å². The smallest absolute Gasteiger partial charge is 0.155 e. The van der Waals surface area contributed by atoms with Gasteiger partial charge >= 0.3 is 0 Å². The van der Waals surface area contributed by atoms with Crippen molar-refractivity contribution in [2.24, 2.45) is 0 Å². The maximum Gasteiger partial charge on any atom is 0.155 e. The number of aromatic nitrogens is 3. The van der Waals surface area contributed by atoms with Gasteiger partial charge < -0.3 is 5.73 Å². The lowest BCUT2D eigenvalue weighted by Crippen LogP contribution is -1.93. The Morgan fingerprint density at radius 1 is 1.50 bits per heavy atom. The van der Waals surface area contributed by atoms with Crippen molar-refractivity contribution < 1.29 is 0 Å². The van der Waals surface area contributed by atoms with E-state index in [-0.39, 0.29) is 12.4 Å². The van der Waals surface area contributed by atoms with Gasteiger partial charge in [-0.1, -0.05) is 0 Å². The Hall–Kier alpha value is -1.29. The minimum Gasteiger partial charge on any atom is -0.396 e. The maximum absolute atomic E-state index is 5.51. The summed E-state index contributed by atoms with van der Waals surface area (Å²) in [6.07, 6.45) is 3.37. The van der Waals surface area contributed by atoms with E-state index in [1.807, 2.05) is 13.0 Å². The van der Waals surface area contributed by atoms with Crippen LogP contribution < -0.4 is 5.73 Å². The lowest BCUT2D eigenvalue weighted by atomic mass is 10.5. The molecule has 0 atom stereocenters. The highest BCUT2D eigenvalue weighted by atomic mass is 35.5. The van der Waals surface area contributed by atoms with Crippen molar-refractivity contribution in [3.63, 3.8) is 0 Å². The molecule has 0 spiro atoms. The van der Waals surface area contributed by atoms with Crippen LogP contribution in [0.25, 0.3) is 5.65 Å². The first-order valence-electron chi connectivity index (χ1n) is 3.33. The lowest BCUT2D eigenvalue weighted by molar-refractivity contribution is 0.919. The molecule has 2 N–H and O–H groups in total. The molecule has 2 heterocycles. The van der Waals surface area contributed by atoms with E-state index in [2.05, 4.69) is 10.1 Å². The molecule has 0 amide bonds. The van der Waals surface area contributed by atoms with Crippen molar-refractivity contribution in [3.8, 4) is 0 Å². The topological polar surface area (TPSA) is 56.2 Å². The molecule has 2 rings (SSSR count). The monoisotopic (exact) mass is 184 g/mol. The van der Waals surface area contributed by atoms with Gasteiger partial charge in [-0.05, 0) is 6.92 Å². The molecule has 2 aromatic heterocycles. The van der Waals surface area contributed by atoms with Crippen LogP contribution in [0.15, 0.2) is 18.5 Å². The van der Waals surface area contributed by atoms with Crippen LogP contribution in [0, 0.1) is 6.92 Å². The quantitative estimate of drug-likeness (QED) is 0.666. The number of nitrogens with zero attached hydrogens (tertiary/aromatic N) is 3. The summed E-state index contributed by atoms with van der Waals surface area (Å²) >= 11 is 0. The Labute approximate surface area is 75.8 Å². The van der Waals surface area contributed by atoms with Gasteiger partial charge in [0.1, 0.15) is 0 Å². The molecular formula is C7H9ClN4. The fourth-order valence-corrected chi connectivity index (χ4v) is 1.01. The Balaban J connectivity index is 0.000000720. The molecule has 0 saturated carbocycles. The van der Waals surface area contributed by atoms with E-state index in [4.69, 9.17) is 5.73 Å². The predicted molar refractivity (Wildman–Crippen MR) is 49.4 cm³/mol. The van der Waals surface area contributed by atoms with E-state index < -0.39 is 0 Å². The number of anilines is 1. The van der Waals surface area contributed by atoms with E-state index >= 15 is 0 Å². The Bertz CT molecular complexity index is 395. The minimum absolute atomic E-state index is 0. The number of aryl methyl sites for hydroxylation is 1. The molecule has 0 unspecified atom stereocenters. The van der Waals surface area contributed by atoms with Crippen LogP contribution in [0.5, 0.6) is 0 Å². The van der Waals surface area contributed by atoms with Gasteiger partial charge in [0.2, 0.25) is 0 Å². The SMILES string of the molecule is Cc1cc2ncc(N)cn2n1.Cl. The molecule has 0 radical (unpaired) electrons. The van der Waals surface area contributed by atoms with Crippen LogP contribution in [-0.4, -0.2) is 14.6 Å². The van der Waals surface area contributed by atoms with Gasteiger partial charge in [-0.3, -0.25) is 0 Å². The summed E-state index contributed by atoms with van der Waals surface area (Å²) < 4.78 is 1.67. The van der Waals surface area contributed by atoms with Crippen LogP contribution in [0.2, 0.25) is 0 Å². The Morgan fingerprint density at radius 3 is 3.00 bits per heavy atom. The van der Waals surface area contributed by atoms with Gasteiger partial charge in [0.15, 0.2) is 5.65 Å². The van der Waals surface area contributed by atoms with E-state index in [0.29, 0.717) is 5.69 Å². The fourth-order valence-electron chi connectivity index (χ4n) is 1.01. The standard InChI is InChI=1S/C7H8N4.ClH/c1-5-2-7-9-3-6(8)4-11(7)10-5;/h2-4H,8H2,1H3;1H. The molecule has 0 fully saturated rings. The second-order valence-corrected chi connectivity index (χ2v) is 2.48. The normalized spacial score (nSPS) is 9.75. The molecule has 2 aromatic rings. The number of halogens is 1.